The summed E-state index contributed by atoms with van der Waals surface area (Å²) in [5, 5.41) is 2.02. The van der Waals surface area contributed by atoms with E-state index >= 15 is 0 Å². The van der Waals surface area contributed by atoms with Gasteiger partial charge in [-0.15, -0.1) is 11.3 Å². The molecule has 0 spiro atoms. The van der Waals surface area contributed by atoms with Crippen molar-refractivity contribution in [3.63, 3.8) is 0 Å². The van der Waals surface area contributed by atoms with Gasteiger partial charge in [-0.05, 0) is 23.9 Å². The highest BCUT2D eigenvalue weighted by molar-refractivity contribution is 7.89. The maximum absolute atomic E-state index is 11.7. The van der Waals surface area contributed by atoms with Gasteiger partial charge in [0.25, 0.3) is 10.0 Å². The number of H-pyrrole nitrogens is 1. The van der Waals surface area contributed by atoms with Crippen molar-refractivity contribution in [3.8, 4) is 0 Å². The third kappa shape index (κ3) is 2.31. The van der Waals surface area contributed by atoms with Crippen LogP contribution in [0.1, 0.15) is 10.4 Å². The molecule has 0 aromatic carbocycles. The Morgan fingerprint density at radius 3 is 2.94 bits per heavy atom. The number of nitrogens with one attached hydrogen (secondary N) is 2. The SMILES string of the molecule is Cc1ccsc1CNS(=O)(=O)c1cnc[nH]1. The second-order valence-corrected chi connectivity index (χ2v) is 6.00. The number of sulfonamides is 1. The minimum Gasteiger partial charge on any atom is -0.335 e. The Labute approximate surface area is 97.6 Å². The van der Waals surface area contributed by atoms with Gasteiger partial charge in [0.2, 0.25) is 0 Å². The van der Waals surface area contributed by atoms with Crippen LogP contribution >= 0.6 is 11.3 Å². The molecular formula is C9H11N3O2S2. The van der Waals surface area contributed by atoms with E-state index in [9.17, 15) is 8.42 Å². The molecule has 2 heterocycles. The van der Waals surface area contributed by atoms with Crippen molar-refractivity contribution >= 4 is 21.4 Å². The molecule has 0 fully saturated rings. The first-order chi connectivity index (χ1) is 7.59. The average Bonchev–Trinajstić information content (AvgIpc) is 2.85. The summed E-state index contributed by atoms with van der Waals surface area (Å²) in [7, 11) is -3.47. The van der Waals surface area contributed by atoms with E-state index in [1.807, 2.05) is 18.4 Å². The maximum Gasteiger partial charge on any atom is 0.257 e. The quantitative estimate of drug-likeness (QED) is 0.865. The van der Waals surface area contributed by atoms with Crippen LogP contribution in [0.3, 0.4) is 0 Å². The second-order valence-electron chi connectivity index (χ2n) is 3.27. The van der Waals surface area contributed by atoms with Gasteiger partial charge in [0.1, 0.15) is 0 Å². The molecule has 2 N–H and O–H groups in total. The van der Waals surface area contributed by atoms with Crippen molar-refractivity contribution in [1.82, 2.24) is 14.7 Å². The Hall–Kier alpha value is -1.18. The molecule has 0 unspecified atom stereocenters. The van der Waals surface area contributed by atoms with E-state index in [4.69, 9.17) is 0 Å². The molecule has 0 bridgehead atoms. The third-order valence-corrected chi connectivity index (χ3v) is 4.50. The van der Waals surface area contributed by atoms with Crippen LogP contribution in [-0.4, -0.2) is 18.4 Å². The summed E-state index contributed by atoms with van der Waals surface area (Å²) in [6.45, 7) is 2.27. The third-order valence-electron chi connectivity index (χ3n) is 2.15. The van der Waals surface area contributed by atoms with Gasteiger partial charge in [0, 0.05) is 11.4 Å². The van der Waals surface area contributed by atoms with Crippen LogP contribution in [0.2, 0.25) is 0 Å². The van der Waals surface area contributed by atoms with Crippen LogP contribution in [0.5, 0.6) is 0 Å². The molecule has 0 atom stereocenters. The minimum atomic E-state index is -3.47. The monoisotopic (exact) mass is 257 g/mol. The highest BCUT2D eigenvalue weighted by atomic mass is 32.2. The summed E-state index contributed by atoms with van der Waals surface area (Å²) in [4.78, 5) is 7.26. The fourth-order valence-corrected chi connectivity index (χ4v) is 3.05. The highest BCUT2D eigenvalue weighted by Gasteiger charge is 2.15. The fourth-order valence-electron chi connectivity index (χ4n) is 1.21. The summed E-state index contributed by atoms with van der Waals surface area (Å²) >= 11 is 1.53. The lowest BCUT2D eigenvalue weighted by Gasteiger charge is -2.03. The van der Waals surface area contributed by atoms with Gasteiger partial charge >= 0.3 is 0 Å². The smallest absolute Gasteiger partial charge is 0.257 e. The van der Waals surface area contributed by atoms with Crippen LogP contribution in [0.4, 0.5) is 0 Å². The zero-order chi connectivity index (χ0) is 11.6. The number of imidazole rings is 1. The zero-order valence-electron chi connectivity index (χ0n) is 8.60. The molecule has 0 radical (unpaired) electrons. The Bertz CT molecular complexity index is 557. The molecule has 86 valence electrons. The molecule has 7 heteroatoms. The summed E-state index contributed by atoms with van der Waals surface area (Å²) in [6.07, 6.45) is 2.62. The molecular weight excluding hydrogens is 246 g/mol. The van der Waals surface area contributed by atoms with E-state index in [2.05, 4.69) is 14.7 Å². The van der Waals surface area contributed by atoms with Crippen molar-refractivity contribution in [2.24, 2.45) is 0 Å². The standard InChI is InChI=1S/C9H11N3O2S2/c1-7-2-3-15-8(7)4-12-16(13,14)9-5-10-6-11-9/h2-3,5-6,12H,4H2,1H3,(H,10,11). The van der Waals surface area contributed by atoms with Crippen molar-refractivity contribution in [2.45, 2.75) is 18.5 Å². The van der Waals surface area contributed by atoms with Crippen LogP contribution in [-0.2, 0) is 16.6 Å². The van der Waals surface area contributed by atoms with Gasteiger partial charge in [-0.2, -0.15) is 0 Å². The van der Waals surface area contributed by atoms with Gasteiger partial charge < -0.3 is 4.98 Å². The molecule has 0 saturated carbocycles. The van der Waals surface area contributed by atoms with Gasteiger partial charge in [-0.25, -0.2) is 18.1 Å². The first kappa shape index (κ1) is 11.3. The van der Waals surface area contributed by atoms with Gasteiger partial charge in [-0.1, -0.05) is 0 Å². The number of rotatable bonds is 4. The lowest BCUT2D eigenvalue weighted by Crippen LogP contribution is -2.23. The van der Waals surface area contributed by atoms with Crippen LogP contribution in [0.15, 0.2) is 29.0 Å². The normalized spacial score (nSPS) is 11.8. The van der Waals surface area contributed by atoms with Crippen molar-refractivity contribution in [1.29, 1.82) is 0 Å². The highest BCUT2D eigenvalue weighted by Crippen LogP contribution is 2.15. The summed E-state index contributed by atoms with van der Waals surface area (Å²) in [5.41, 5.74) is 1.09. The topological polar surface area (TPSA) is 74.8 Å². The lowest BCUT2D eigenvalue weighted by molar-refractivity contribution is 0.578. The maximum atomic E-state index is 11.7. The van der Waals surface area contributed by atoms with E-state index in [0.29, 0.717) is 6.54 Å². The predicted molar refractivity (Wildman–Crippen MR) is 61.7 cm³/mol. The van der Waals surface area contributed by atoms with E-state index in [1.165, 1.54) is 23.9 Å². The lowest BCUT2D eigenvalue weighted by atomic mass is 10.3. The number of aryl methyl sites for hydroxylation is 1. The molecule has 16 heavy (non-hydrogen) atoms. The average molecular weight is 257 g/mol. The van der Waals surface area contributed by atoms with E-state index in [-0.39, 0.29) is 5.03 Å². The molecule has 0 amide bonds. The summed E-state index contributed by atoms with van der Waals surface area (Å²) < 4.78 is 26.0. The zero-order valence-corrected chi connectivity index (χ0v) is 10.2. The van der Waals surface area contributed by atoms with E-state index in [0.717, 1.165) is 10.4 Å². The fraction of sp³-hybridized carbons (Fsp3) is 0.222. The largest absolute Gasteiger partial charge is 0.335 e. The van der Waals surface area contributed by atoms with Crippen LogP contribution in [0, 0.1) is 6.92 Å². The van der Waals surface area contributed by atoms with Crippen molar-refractivity contribution in [3.05, 3.63) is 34.4 Å². The van der Waals surface area contributed by atoms with Gasteiger partial charge in [-0.3, -0.25) is 0 Å². The Balaban J connectivity index is 2.09. The molecule has 2 aromatic heterocycles. The minimum absolute atomic E-state index is 0.0849. The number of aromatic amines is 1. The van der Waals surface area contributed by atoms with Crippen LogP contribution < -0.4 is 4.72 Å². The predicted octanol–water partition coefficient (Wildman–Crippen LogP) is 1.26. The number of nitrogens with zero attached hydrogens (tertiary/aromatic N) is 1. The van der Waals surface area contributed by atoms with E-state index < -0.39 is 10.0 Å². The number of thiophene rings is 1. The molecule has 0 aliphatic rings. The Morgan fingerprint density at radius 1 is 1.56 bits per heavy atom. The molecule has 5 nitrogen and oxygen atoms in total. The summed E-state index contributed by atoms with van der Waals surface area (Å²) in [5.74, 6) is 0. The number of hydrogen-bond donors (Lipinski definition) is 2. The van der Waals surface area contributed by atoms with Gasteiger partial charge in [0.05, 0.1) is 12.5 Å². The van der Waals surface area contributed by atoms with Crippen LogP contribution in [0.25, 0.3) is 0 Å². The first-order valence-electron chi connectivity index (χ1n) is 4.60. The number of aromatic nitrogens is 2. The van der Waals surface area contributed by atoms with Crippen molar-refractivity contribution < 1.29 is 8.42 Å². The molecule has 0 aliphatic carbocycles. The Morgan fingerprint density at radius 2 is 2.38 bits per heavy atom. The van der Waals surface area contributed by atoms with Crippen molar-refractivity contribution in [2.75, 3.05) is 0 Å². The Kier molecular flexibility index (Phi) is 3.08. The molecule has 2 rings (SSSR count). The van der Waals surface area contributed by atoms with Gasteiger partial charge in [0.15, 0.2) is 5.03 Å². The second kappa shape index (κ2) is 4.36. The molecule has 0 aliphatic heterocycles. The van der Waals surface area contributed by atoms with E-state index in [1.54, 1.807) is 0 Å². The molecule has 2 aromatic rings. The molecule has 0 saturated heterocycles. The number of hydrogen-bond acceptors (Lipinski definition) is 4. The first-order valence-corrected chi connectivity index (χ1v) is 6.97. The summed E-state index contributed by atoms with van der Waals surface area (Å²) in [6, 6.07) is 1.96.